The van der Waals surface area contributed by atoms with Crippen LogP contribution < -0.4 is 4.90 Å². The van der Waals surface area contributed by atoms with E-state index in [1.807, 2.05) is 0 Å². The Balaban J connectivity index is 2.12. The Labute approximate surface area is 146 Å². The largest absolute Gasteiger partial charge is 0.294 e. The molecule has 0 atom stereocenters. The van der Waals surface area contributed by atoms with Crippen molar-refractivity contribution in [3.05, 3.63) is 64.6 Å². The van der Waals surface area contributed by atoms with Crippen LogP contribution in [0, 0.1) is 48.5 Å². The third-order valence-electron chi connectivity index (χ3n) is 4.98. The second kappa shape index (κ2) is 6.01. The molecule has 0 N–H and O–H groups in total. The molecule has 0 fully saturated rings. The molecule has 2 nitrogen and oxygen atoms in total. The van der Waals surface area contributed by atoms with E-state index in [-0.39, 0.29) is 0 Å². The highest BCUT2D eigenvalue weighted by atomic mass is 15.3. The van der Waals surface area contributed by atoms with Crippen molar-refractivity contribution in [3.63, 3.8) is 0 Å². The summed E-state index contributed by atoms with van der Waals surface area (Å²) in [4.78, 5) is 2.38. The first-order valence-corrected chi connectivity index (χ1v) is 8.69. The second-order valence-electron chi connectivity index (χ2n) is 7.21. The molecule has 1 aliphatic rings. The van der Waals surface area contributed by atoms with Gasteiger partial charge in [-0.3, -0.25) is 16.4 Å². The monoisotopic (exact) mass is 320 g/mol. The maximum atomic E-state index is 4.43. The third kappa shape index (κ3) is 2.71. The summed E-state index contributed by atoms with van der Waals surface area (Å²) in [5.41, 5.74) is 10.6. The Bertz CT molecular complexity index is 797. The summed E-state index contributed by atoms with van der Waals surface area (Å²) in [5.74, 6) is 1.08. The van der Waals surface area contributed by atoms with E-state index in [2.05, 4.69) is 82.2 Å². The molecule has 0 saturated carbocycles. The molecular formula is C22H28N2. The first-order valence-electron chi connectivity index (χ1n) is 8.69. The summed E-state index contributed by atoms with van der Waals surface area (Å²) in [6, 6.07) is 9.06. The molecule has 0 bridgehead atoms. The van der Waals surface area contributed by atoms with Crippen molar-refractivity contribution < 1.29 is 4.58 Å². The maximum Gasteiger partial charge on any atom is 0.130 e. The number of nitrogens with zero attached hydrogens (tertiary/aromatic N) is 2. The van der Waals surface area contributed by atoms with E-state index in [1.165, 1.54) is 44.8 Å². The molecule has 1 aliphatic heterocycles. The van der Waals surface area contributed by atoms with E-state index in [4.69, 9.17) is 0 Å². The summed E-state index contributed by atoms with van der Waals surface area (Å²) in [5, 5.41) is 0. The van der Waals surface area contributed by atoms with Crippen molar-refractivity contribution >= 4 is 17.2 Å². The minimum atomic E-state index is 0.982. The van der Waals surface area contributed by atoms with Crippen molar-refractivity contribution in [3.8, 4) is 0 Å². The lowest BCUT2D eigenvalue weighted by atomic mass is 10.0. The summed E-state index contributed by atoms with van der Waals surface area (Å²) in [6.45, 7) is 19.5. The number of hydrogen-bond acceptors (Lipinski definition) is 1. The molecular weight excluding hydrogens is 292 g/mol. The smallest absolute Gasteiger partial charge is 0.130 e. The summed E-state index contributed by atoms with van der Waals surface area (Å²) in [6.07, 6.45) is 0. The molecule has 0 unspecified atom stereocenters. The fraction of sp³-hybridized carbons (Fsp3) is 0.364. The van der Waals surface area contributed by atoms with Crippen molar-refractivity contribution in [1.82, 2.24) is 0 Å². The van der Waals surface area contributed by atoms with Crippen molar-refractivity contribution in [1.29, 1.82) is 0 Å². The Hall–Kier alpha value is -2.22. The van der Waals surface area contributed by atoms with Gasteiger partial charge in [0.05, 0.1) is 0 Å². The fourth-order valence-electron chi connectivity index (χ4n) is 4.28. The molecule has 126 valence electrons. The topological polar surface area (TPSA) is 6.25 Å². The van der Waals surface area contributed by atoms with Crippen LogP contribution in [0.2, 0.25) is 0 Å². The van der Waals surface area contributed by atoms with Crippen LogP contribution in [-0.2, 0) is 0 Å². The zero-order chi connectivity index (χ0) is 17.6. The SMILES string of the molecule is [CH2-]C1=[N+](c2c(C)cc(C)cc2C)CCN1c1c(C)cc(C)cc1C. The normalized spacial score (nSPS) is 14.7. The van der Waals surface area contributed by atoms with E-state index in [1.54, 1.807) is 0 Å². The first-order chi connectivity index (χ1) is 11.3. The average molecular weight is 320 g/mol. The zero-order valence-electron chi connectivity index (χ0n) is 15.8. The molecule has 0 amide bonds. The van der Waals surface area contributed by atoms with E-state index in [0.29, 0.717) is 0 Å². The fourth-order valence-corrected chi connectivity index (χ4v) is 4.28. The van der Waals surface area contributed by atoms with Gasteiger partial charge < -0.3 is 0 Å². The van der Waals surface area contributed by atoms with Gasteiger partial charge in [-0.1, -0.05) is 35.4 Å². The maximum absolute atomic E-state index is 4.43. The van der Waals surface area contributed by atoms with Gasteiger partial charge in [0.1, 0.15) is 30.3 Å². The number of anilines is 1. The van der Waals surface area contributed by atoms with Gasteiger partial charge in [-0.25, -0.2) is 0 Å². The number of aryl methyl sites for hydroxylation is 6. The lowest BCUT2D eigenvalue weighted by Crippen LogP contribution is -2.28. The van der Waals surface area contributed by atoms with Crippen LogP contribution in [0.1, 0.15) is 33.4 Å². The highest BCUT2D eigenvalue weighted by molar-refractivity contribution is 6.00. The van der Waals surface area contributed by atoms with E-state index >= 15 is 0 Å². The molecule has 0 radical (unpaired) electrons. The first kappa shape index (κ1) is 16.6. The highest BCUT2D eigenvalue weighted by Gasteiger charge is 2.29. The predicted octanol–water partition coefficient (Wildman–Crippen LogP) is 4.93. The molecule has 2 heteroatoms. The Morgan fingerprint density at radius 2 is 1.25 bits per heavy atom. The van der Waals surface area contributed by atoms with Gasteiger partial charge in [-0.05, 0) is 63.8 Å². The molecule has 2 aromatic carbocycles. The quantitative estimate of drug-likeness (QED) is 0.561. The minimum absolute atomic E-state index is 0.982. The minimum Gasteiger partial charge on any atom is -0.294 e. The van der Waals surface area contributed by atoms with Crippen LogP contribution in [-0.4, -0.2) is 23.5 Å². The van der Waals surface area contributed by atoms with Gasteiger partial charge in [-0.15, -0.1) is 0 Å². The Morgan fingerprint density at radius 3 is 1.75 bits per heavy atom. The summed E-state index contributed by atoms with van der Waals surface area (Å²) < 4.78 is 2.38. The number of rotatable bonds is 2. The van der Waals surface area contributed by atoms with Crippen LogP contribution in [0.5, 0.6) is 0 Å². The van der Waals surface area contributed by atoms with Crippen molar-refractivity contribution in [2.24, 2.45) is 0 Å². The third-order valence-corrected chi connectivity index (χ3v) is 4.98. The lowest BCUT2D eigenvalue weighted by Gasteiger charge is -2.20. The summed E-state index contributed by atoms with van der Waals surface area (Å²) in [7, 11) is 0. The van der Waals surface area contributed by atoms with Crippen LogP contribution in [0.4, 0.5) is 11.4 Å². The van der Waals surface area contributed by atoms with Gasteiger partial charge in [0.15, 0.2) is 0 Å². The summed E-state index contributed by atoms with van der Waals surface area (Å²) >= 11 is 0. The Kier molecular flexibility index (Phi) is 4.16. The van der Waals surface area contributed by atoms with Crippen LogP contribution in [0.3, 0.4) is 0 Å². The predicted molar refractivity (Wildman–Crippen MR) is 104 cm³/mol. The average Bonchev–Trinajstić information content (AvgIpc) is 2.79. The number of benzene rings is 2. The highest BCUT2D eigenvalue weighted by Crippen LogP contribution is 2.32. The van der Waals surface area contributed by atoms with Crippen LogP contribution in [0.15, 0.2) is 24.3 Å². The molecule has 1 heterocycles. The van der Waals surface area contributed by atoms with E-state index in [0.717, 1.165) is 18.9 Å². The molecule has 3 rings (SSSR count). The van der Waals surface area contributed by atoms with Gasteiger partial charge in [0.2, 0.25) is 0 Å². The lowest BCUT2D eigenvalue weighted by molar-refractivity contribution is -0.429. The second-order valence-corrected chi connectivity index (χ2v) is 7.21. The van der Waals surface area contributed by atoms with E-state index in [9.17, 15) is 0 Å². The number of hydrogen-bond donors (Lipinski definition) is 0. The Morgan fingerprint density at radius 1 is 0.792 bits per heavy atom. The molecule has 24 heavy (non-hydrogen) atoms. The number of amidine groups is 1. The van der Waals surface area contributed by atoms with Crippen molar-refractivity contribution in [2.45, 2.75) is 41.5 Å². The van der Waals surface area contributed by atoms with Crippen LogP contribution >= 0.6 is 0 Å². The molecule has 0 aromatic heterocycles. The molecule has 2 aromatic rings. The molecule has 0 saturated heterocycles. The van der Waals surface area contributed by atoms with E-state index < -0.39 is 0 Å². The van der Waals surface area contributed by atoms with Gasteiger partial charge in [-0.2, -0.15) is 0 Å². The molecule has 0 aliphatic carbocycles. The zero-order valence-corrected chi connectivity index (χ0v) is 15.8. The van der Waals surface area contributed by atoms with Crippen molar-refractivity contribution in [2.75, 3.05) is 18.0 Å². The molecule has 0 spiro atoms. The van der Waals surface area contributed by atoms with Crippen LogP contribution in [0.25, 0.3) is 0 Å². The van der Waals surface area contributed by atoms with Gasteiger partial charge in [0.25, 0.3) is 0 Å². The van der Waals surface area contributed by atoms with Gasteiger partial charge >= 0.3 is 0 Å². The van der Waals surface area contributed by atoms with Gasteiger partial charge in [0, 0.05) is 0 Å². The standard InChI is InChI=1S/C22H28N2/c1-14-10-16(3)21(17(4)11-14)23-8-9-24(20(23)7)22-18(5)12-15(2)13-19(22)6/h10-13H,7-9H2,1-6H3.